The van der Waals surface area contributed by atoms with Gasteiger partial charge in [-0.1, -0.05) is 24.3 Å². The fraction of sp³-hybridized carbons (Fsp3) is 0.333. The van der Waals surface area contributed by atoms with Crippen LogP contribution >= 0.6 is 11.3 Å². The van der Waals surface area contributed by atoms with E-state index in [-0.39, 0.29) is 18.0 Å². The Bertz CT molecular complexity index is 1440. The topological polar surface area (TPSA) is 80.8 Å². The van der Waals surface area contributed by atoms with E-state index in [1.54, 1.807) is 24.3 Å². The molecular weight excluding hydrogens is 535 g/mol. The van der Waals surface area contributed by atoms with Crippen LogP contribution in [0.3, 0.4) is 0 Å². The second-order valence-electron chi connectivity index (χ2n) is 8.49. The molecule has 36 heavy (non-hydrogen) atoms. The molecule has 194 valence electrons. The Hall–Kier alpha value is -2.25. The molecule has 0 bridgehead atoms. The van der Waals surface area contributed by atoms with Gasteiger partial charge in [0, 0.05) is 35.7 Å². The van der Waals surface area contributed by atoms with Crippen LogP contribution in [-0.2, 0) is 37.3 Å². The summed E-state index contributed by atoms with van der Waals surface area (Å²) in [5, 5.41) is 0. The number of sulfonamides is 1. The van der Waals surface area contributed by atoms with Crippen LogP contribution in [0.2, 0.25) is 0 Å². The number of alkyl halides is 3. The molecule has 0 saturated carbocycles. The van der Waals surface area contributed by atoms with Gasteiger partial charge in [-0.25, -0.2) is 16.8 Å². The average Bonchev–Trinajstić information content (AvgIpc) is 3.50. The van der Waals surface area contributed by atoms with Gasteiger partial charge in [0.2, 0.25) is 10.0 Å². The van der Waals surface area contributed by atoms with E-state index in [9.17, 15) is 30.0 Å². The summed E-state index contributed by atoms with van der Waals surface area (Å²) in [6, 6.07) is 14.0. The van der Waals surface area contributed by atoms with Gasteiger partial charge >= 0.3 is 6.18 Å². The molecule has 4 rings (SSSR count). The zero-order valence-corrected chi connectivity index (χ0v) is 21.7. The normalized spacial score (nSPS) is 17.1. The van der Waals surface area contributed by atoms with Gasteiger partial charge < -0.3 is 4.74 Å². The SMILES string of the molecule is CS(=O)(=O)c1cccc(-c2ccc(CN(CC3CCCO3)S(=O)(=O)c3ccccc3C(F)(F)F)s2)c1. The van der Waals surface area contributed by atoms with E-state index in [1.165, 1.54) is 29.5 Å². The van der Waals surface area contributed by atoms with Crippen LogP contribution in [0.25, 0.3) is 10.4 Å². The molecule has 0 amide bonds. The molecule has 1 unspecified atom stereocenters. The Morgan fingerprint density at radius 2 is 1.78 bits per heavy atom. The molecule has 0 N–H and O–H groups in total. The standard InChI is InChI=1S/C24H24F3NO5S3/c1-35(29,30)20-8-4-6-17(14-20)22-12-11-19(34-22)16-28(15-18-7-5-13-33-18)36(31,32)23-10-3-2-9-21(23)24(25,26)27/h2-4,6,8-12,14,18H,5,7,13,15-16H2,1H3. The third-order valence-electron chi connectivity index (χ3n) is 5.78. The molecule has 1 aliphatic heterocycles. The van der Waals surface area contributed by atoms with Crippen LogP contribution in [0.4, 0.5) is 13.2 Å². The predicted octanol–water partition coefficient (Wildman–Crippen LogP) is 5.21. The van der Waals surface area contributed by atoms with E-state index in [1.807, 2.05) is 0 Å². The zero-order valence-electron chi connectivity index (χ0n) is 19.2. The molecule has 12 heteroatoms. The zero-order chi connectivity index (χ0) is 26.1. The van der Waals surface area contributed by atoms with Crippen LogP contribution in [0.5, 0.6) is 0 Å². The Kier molecular flexibility index (Phi) is 7.63. The minimum atomic E-state index is -4.83. The molecule has 0 spiro atoms. The van der Waals surface area contributed by atoms with Crippen molar-refractivity contribution in [2.24, 2.45) is 0 Å². The van der Waals surface area contributed by atoms with Crippen LogP contribution in [0.1, 0.15) is 23.3 Å². The maximum absolute atomic E-state index is 13.6. The minimum Gasteiger partial charge on any atom is -0.377 e. The Morgan fingerprint density at radius 3 is 2.44 bits per heavy atom. The lowest BCUT2D eigenvalue weighted by molar-refractivity contribution is -0.139. The third-order valence-corrected chi connectivity index (χ3v) is 9.88. The second-order valence-corrected chi connectivity index (χ2v) is 13.6. The summed E-state index contributed by atoms with van der Waals surface area (Å²) in [5.74, 6) is 0. The molecule has 1 saturated heterocycles. The summed E-state index contributed by atoms with van der Waals surface area (Å²) >= 11 is 1.25. The molecule has 2 heterocycles. The summed E-state index contributed by atoms with van der Waals surface area (Å²) in [6.45, 7) is 0.244. The monoisotopic (exact) mass is 559 g/mol. The minimum absolute atomic E-state index is 0.0781. The highest BCUT2D eigenvalue weighted by Crippen LogP contribution is 2.37. The molecular formula is C24H24F3NO5S3. The third kappa shape index (κ3) is 6.00. The van der Waals surface area contributed by atoms with E-state index >= 15 is 0 Å². The van der Waals surface area contributed by atoms with E-state index in [2.05, 4.69) is 0 Å². The lowest BCUT2D eigenvalue weighted by Gasteiger charge is -2.26. The molecule has 2 aromatic carbocycles. The maximum atomic E-state index is 13.6. The fourth-order valence-electron chi connectivity index (χ4n) is 4.00. The smallest absolute Gasteiger partial charge is 0.377 e. The van der Waals surface area contributed by atoms with Gasteiger partial charge in [-0.05, 0) is 54.8 Å². The quantitative estimate of drug-likeness (QED) is 0.379. The summed E-state index contributed by atoms with van der Waals surface area (Å²) < 4.78 is 98.4. The first kappa shape index (κ1) is 26.8. The Balaban J connectivity index is 1.68. The van der Waals surface area contributed by atoms with Gasteiger partial charge in [0.1, 0.15) is 0 Å². The summed E-state index contributed by atoms with van der Waals surface area (Å²) in [7, 11) is -7.94. The number of thiophene rings is 1. The predicted molar refractivity (Wildman–Crippen MR) is 131 cm³/mol. The second kappa shape index (κ2) is 10.3. The molecule has 1 atom stereocenters. The van der Waals surface area contributed by atoms with Crippen molar-refractivity contribution in [2.45, 2.75) is 41.5 Å². The van der Waals surface area contributed by atoms with Gasteiger partial charge in [-0.2, -0.15) is 17.5 Å². The van der Waals surface area contributed by atoms with E-state index in [0.717, 1.165) is 35.2 Å². The van der Waals surface area contributed by atoms with Crippen molar-refractivity contribution >= 4 is 31.2 Å². The number of benzene rings is 2. The van der Waals surface area contributed by atoms with Crippen molar-refractivity contribution in [1.29, 1.82) is 0 Å². The van der Waals surface area contributed by atoms with Gasteiger partial charge in [0.15, 0.2) is 9.84 Å². The van der Waals surface area contributed by atoms with Crippen molar-refractivity contribution in [3.05, 3.63) is 71.1 Å². The lowest BCUT2D eigenvalue weighted by Crippen LogP contribution is -2.37. The highest BCUT2D eigenvalue weighted by molar-refractivity contribution is 7.90. The lowest BCUT2D eigenvalue weighted by atomic mass is 10.2. The van der Waals surface area contributed by atoms with Crippen molar-refractivity contribution in [1.82, 2.24) is 4.31 Å². The number of hydrogen-bond acceptors (Lipinski definition) is 6. The van der Waals surface area contributed by atoms with E-state index in [4.69, 9.17) is 4.74 Å². The Morgan fingerprint density at radius 1 is 1.03 bits per heavy atom. The maximum Gasteiger partial charge on any atom is 0.417 e. The molecule has 1 aromatic heterocycles. The molecule has 1 fully saturated rings. The number of nitrogens with zero attached hydrogens (tertiary/aromatic N) is 1. The van der Waals surface area contributed by atoms with E-state index < -0.39 is 42.6 Å². The van der Waals surface area contributed by atoms with Crippen LogP contribution < -0.4 is 0 Å². The van der Waals surface area contributed by atoms with Crippen LogP contribution in [0.15, 0.2) is 70.5 Å². The summed E-state index contributed by atoms with van der Waals surface area (Å²) in [5.41, 5.74) is -0.572. The molecule has 3 aromatic rings. The summed E-state index contributed by atoms with van der Waals surface area (Å²) in [4.78, 5) is 0.663. The number of rotatable bonds is 8. The van der Waals surface area contributed by atoms with Crippen molar-refractivity contribution in [3.8, 4) is 10.4 Å². The first-order chi connectivity index (χ1) is 16.9. The highest BCUT2D eigenvalue weighted by atomic mass is 32.2. The number of sulfone groups is 1. The largest absolute Gasteiger partial charge is 0.417 e. The first-order valence-corrected chi connectivity index (χ1v) is 15.2. The number of halogens is 3. The first-order valence-electron chi connectivity index (χ1n) is 11.0. The van der Waals surface area contributed by atoms with Crippen molar-refractivity contribution in [3.63, 3.8) is 0 Å². The molecule has 0 aliphatic carbocycles. The van der Waals surface area contributed by atoms with Crippen molar-refractivity contribution in [2.75, 3.05) is 19.4 Å². The van der Waals surface area contributed by atoms with Gasteiger partial charge in [-0.3, -0.25) is 0 Å². The number of ether oxygens (including phenoxy) is 1. The van der Waals surface area contributed by atoms with Crippen molar-refractivity contribution < 1.29 is 34.7 Å². The van der Waals surface area contributed by atoms with Crippen LogP contribution in [-0.4, -0.2) is 46.7 Å². The van der Waals surface area contributed by atoms with Gasteiger partial charge in [0.05, 0.1) is 21.5 Å². The van der Waals surface area contributed by atoms with Gasteiger partial charge in [-0.15, -0.1) is 11.3 Å². The number of hydrogen-bond donors (Lipinski definition) is 0. The van der Waals surface area contributed by atoms with Gasteiger partial charge in [0.25, 0.3) is 0 Å². The van der Waals surface area contributed by atoms with E-state index in [0.29, 0.717) is 28.3 Å². The summed E-state index contributed by atoms with van der Waals surface area (Å²) in [6.07, 6.45) is -2.78. The molecule has 6 nitrogen and oxygen atoms in total. The molecule has 1 aliphatic rings. The molecule has 0 radical (unpaired) electrons. The Labute approximate surface area is 212 Å². The average molecular weight is 560 g/mol. The fourth-order valence-corrected chi connectivity index (χ4v) is 7.43. The van der Waals surface area contributed by atoms with Crippen LogP contribution in [0, 0.1) is 0 Å². The highest BCUT2D eigenvalue weighted by Gasteiger charge is 2.39.